The molecule has 0 radical (unpaired) electrons. The highest BCUT2D eigenvalue weighted by Crippen LogP contribution is 2.32. The number of aryl methyl sites for hydroxylation is 1. The predicted molar refractivity (Wildman–Crippen MR) is 133 cm³/mol. The van der Waals surface area contributed by atoms with E-state index in [1.807, 2.05) is 60.3 Å². The molecular formula is C25H27N5O3S. The molecule has 0 saturated carbocycles. The van der Waals surface area contributed by atoms with E-state index in [0.717, 1.165) is 11.4 Å². The van der Waals surface area contributed by atoms with E-state index in [9.17, 15) is 8.42 Å². The molecule has 0 aliphatic heterocycles. The normalized spacial score (nSPS) is 12.2. The molecule has 34 heavy (non-hydrogen) atoms. The number of sulfonamides is 1. The molecule has 4 rings (SSSR count). The fraction of sp³-hybridized carbons (Fsp3) is 0.200. The molecule has 0 saturated heterocycles. The molecule has 9 heteroatoms. The molecule has 4 aromatic rings. The van der Waals surface area contributed by atoms with Gasteiger partial charge in [-0.05, 0) is 37.3 Å². The summed E-state index contributed by atoms with van der Waals surface area (Å²) in [6.45, 7) is 2.11. The Bertz CT molecular complexity index is 1340. The Morgan fingerprint density at radius 2 is 1.76 bits per heavy atom. The van der Waals surface area contributed by atoms with Gasteiger partial charge >= 0.3 is 0 Å². The summed E-state index contributed by atoms with van der Waals surface area (Å²) in [4.78, 5) is 9.04. The van der Waals surface area contributed by atoms with Crippen LogP contribution in [0.4, 0.5) is 11.5 Å². The minimum atomic E-state index is -3.76. The van der Waals surface area contributed by atoms with Gasteiger partial charge in [0.1, 0.15) is 28.3 Å². The zero-order valence-corrected chi connectivity index (χ0v) is 20.1. The van der Waals surface area contributed by atoms with Crippen LogP contribution in [-0.4, -0.2) is 36.6 Å². The fourth-order valence-electron chi connectivity index (χ4n) is 3.82. The third-order valence-electron chi connectivity index (χ3n) is 5.51. The highest BCUT2D eigenvalue weighted by Gasteiger charge is 2.25. The van der Waals surface area contributed by atoms with Crippen LogP contribution in [0.1, 0.15) is 24.4 Å². The molecule has 0 bridgehead atoms. The van der Waals surface area contributed by atoms with Gasteiger partial charge in [-0.3, -0.25) is 4.31 Å². The first-order valence-electron chi connectivity index (χ1n) is 10.9. The van der Waals surface area contributed by atoms with Crippen LogP contribution in [0.25, 0.3) is 0 Å². The maximum Gasteiger partial charge on any atom is 0.265 e. The summed E-state index contributed by atoms with van der Waals surface area (Å²) >= 11 is 0. The van der Waals surface area contributed by atoms with Gasteiger partial charge in [0, 0.05) is 37.7 Å². The number of nitrogens with zero attached hydrogens (tertiary/aromatic N) is 4. The molecule has 2 heterocycles. The van der Waals surface area contributed by atoms with Crippen LogP contribution in [-0.2, 0) is 17.1 Å². The largest absolute Gasteiger partial charge is 0.496 e. The average molecular weight is 478 g/mol. The number of nitrogens with one attached hydrogen (secondary N) is 1. The maximum atomic E-state index is 13.3. The van der Waals surface area contributed by atoms with E-state index in [-0.39, 0.29) is 10.9 Å². The fourth-order valence-corrected chi connectivity index (χ4v) is 5.24. The third-order valence-corrected chi connectivity index (χ3v) is 7.40. The second-order valence-corrected chi connectivity index (χ2v) is 9.46. The monoisotopic (exact) mass is 477 g/mol. The van der Waals surface area contributed by atoms with E-state index < -0.39 is 10.0 Å². The Kier molecular flexibility index (Phi) is 6.83. The molecule has 0 fully saturated rings. The number of aromatic nitrogens is 3. The topological polar surface area (TPSA) is 89.4 Å². The van der Waals surface area contributed by atoms with Crippen molar-refractivity contribution in [3.05, 3.63) is 96.7 Å². The zero-order chi connectivity index (χ0) is 24.1. The number of imidazole rings is 1. The molecular weight excluding hydrogens is 450 g/mol. The van der Waals surface area contributed by atoms with Crippen molar-refractivity contribution in [2.75, 3.05) is 23.3 Å². The van der Waals surface area contributed by atoms with Gasteiger partial charge in [0.2, 0.25) is 0 Å². The van der Waals surface area contributed by atoms with Crippen LogP contribution in [0.3, 0.4) is 0 Å². The number of hydrogen-bond acceptors (Lipinski definition) is 6. The van der Waals surface area contributed by atoms with Crippen LogP contribution in [0.5, 0.6) is 5.75 Å². The summed E-state index contributed by atoms with van der Waals surface area (Å²) in [5.74, 6) is 1.99. The molecule has 0 unspecified atom stereocenters. The van der Waals surface area contributed by atoms with Crippen LogP contribution >= 0.6 is 0 Å². The summed E-state index contributed by atoms with van der Waals surface area (Å²) in [6, 6.07) is 19.6. The number of benzene rings is 2. The minimum Gasteiger partial charge on any atom is -0.496 e. The van der Waals surface area contributed by atoms with Crippen molar-refractivity contribution in [2.45, 2.75) is 17.9 Å². The number of ether oxygens (including phenoxy) is 1. The molecule has 0 aliphatic rings. The lowest BCUT2D eigenvalue weighted by Crippen LogP contribution is -2.30. The smallest absolute Gasteiger partial charge is 0.265 e. The van der Waals surface area contributed by atoms with E-state index in [1.165, 1.54) is 10.5 Å². The van der Waals surface area contributed by atoms with Gasteiger partial charge in [0.05, 0.1) is 12.8 Å². The zero-order valence-electron chi connectivity index (χ0n) is 19.3. The second kappa shape index (κ2) is 9.96. The molecule has 2 aromatic carbocycles. The van der Waals surface area contributed by atoms with Crippen molar-refractivity contribution >= 4 is 21.5 Å². The molecule has 8 nitrogen and oxygen atoms in total. The molecule has 176 valence electrons. The van der Waals surface area contributed by atoms with E-state index >= 15 is 0 Å². The highest BCUT2D eigenvalue weighted by atomic mass is 32.2. The quantitative estimate of drug-likeness (QED) is 0.388. The van der Waals surface area contributed by atoms with Gasteiger partial charge < -0.3 is 14.6 Å². The van der Waals surface area contributed by atoms with Crippen LogP contribution < -0.4 is 14.4 Å². The van der Waals surface area contributed by atoms with Gasteiger partial charge in [-0.2, -0.15) is 0 Å². The van der Waals surface area contributed by atoms with E-state index in [1.54, 1.807) is 44.5 Å². The third kappa shape index (κ3) is 4.60. The van der Waals surface area contributed by atoms with Crippen molar-refractivity contribution in [3.63, 3.8) is 0 Å². The lowest BCUT2D eigenvalue weighted by Gasteiger charge is -2.23. The maximum absolute atomic E-state index is 13.3. The van der Waals surface area contributed by atoms with Crippen molar-refractivity contribution in [1.29, 1.82) is 0 Å². The number of hydrogen-bond donors (Lipinski definition) is 1. The summed E-state index contributed by atoms with van der Waals surface area (Å²) in [5.41, 5.74) is 1.50. The van der Waals surface area contributed by atoms with E-state index in [0.29, 0.717) is 23.8 Å². The first kappa shape index (κ1) is 23.3. The van der Waals surface area contributed by atoms with E-state index in [2.05, 4.69) is 15.3 Å². The Hall–Kier alpha value is -3.85. The van der Waals surface area contributed by atoms with Crippen molar-refractivity contribution in [2.24, 2.45) is 7.05 Å². The molecule has 0 spiro atoms. The van der Waals surface area contributed by atoms with Crippen LogP contribution in [0.15, 0.2) is 90.2 Å². The molecule has 2 aromatic heterocycles. The summed E-state index contributed by atoms with van der Waals surface area (Å²) in [5, 5.41) is 3.38. The molecule has 1 N–H and O–H groups in total. The van der Waals surface area contributed by atoms with Crippen molar-refractivity contribution < 1.29 is 13.2 Å². The summed E-state index contributed by atoms with van der Waals surface area (Å²) < 4.78 is 35.4. The van der Waals surface area contributed by atoms with E-state index in [4.69, 9.17) is 4.74 Å². The second-order valence-electron chi connectivity index (χ2n) is 7.60. The highest BCUT2D eigenvalue weighted by molar-refractivity contribution is 7.92. The Morgan fingerprint density at radius 3 is 2.38 bits per heavy atom. The summed E-state index contributed by atoms with van der Waals surface area (Å²) in [7, 11) is -0.217. The molecule has 0 aliphatic carbocycles. The standard InChI is InChI=1S/C25H27N5O3S/c1-4-30(19-10-6-5-7-11-19)34(31,32)20-14-15-23(27-18-20)28-24(25-26-16-17-29(25)2)21-12-8-9-13-22(21)33-3/h5-18,24H,4H2,1-3H3,(H,27,28)/t24-/m0/s1. The molecule has 1 atom stereocenters. The average Bonchev–Trinajstić information content (AvgIpc) is 3.29. The SMILES string of the molecule is CCN(c1ccccc1)S(=O)(=O)c1ccc(N[C@@H](c2ccccc2OC)c2nccn2C)nc1. The van der Waals surface area contributed by atoms with Crippen molar-refractivity contribution in [3.8, 4) is 5.75 Å². The first-order chi connectivity index (χ1) is 16.5. The number of methoxy groups -OCH3 is 1. The number of anilines is 2. The van der Waals surface area contributed by atoms with Crippen LogP contribution in [0, 0.1) is 0 Å². The number of para-hydroxylation sites is 2. The number of pyridine rings is 1. The lowest BCUT2D eigenvalue weighted by molar-refractivity contribution is 0.408. The predicted octanol–water partition coefficient (Wildman–Crippen LogP) is 4.24. The van der Waals surface area contributed by atoms with Gasteiger partial charge in [-0.1, -0.05) is 36.4 Å². The molecule has 0 amide bonds. The van der Waals surface area contributed by atoms with Gasteiger partial charge in [0.15, 0.2) is 0 Å². The lowest BCUT2D eigenvalue weighted by atomic mass is 10.0. The van der Waals surface area contributed by atoms with Gasteiger partial charge in [-0.25, -0.2) is 18.4 Å². The van der Waals surface area contributed by atoms with Crippen LogP contribution in [0.2, 0.25) is 0 Å². The number of rotatable bonds is 9. The first-order valence-corrected chi connectivity index (χ1v) is 12.3. The van der Waals surface area contributed by atoms with Gasteiger partial charge in [0.25, 0.3) is 10.0 Å². The summed E-state index contributed by atoms with van der Waals surface area (Å²) in [6.07, 6.45) is 4.97. The minimum absolute atomic E-state index is 0.120. The van der Waals surface area contributed by atoms with Gasteiger partial charge in [-0.15, -0.1) is 0 Å². The van der Waals surface area contributed by atoms with Crippen molar-refractivity contribution in [1.82, 2.24) is 14.5 Å². The Labute approximate surface area is 199 Å². The Morgan fingerprint density at radius 1 is 1.03 bits per heavy atom. The Balaban J connectivity index is 1.65.